The Morgan fingerprint density at radius 1 is 0.935 bits per heavy atom. The Morgan fingerprint density at radius 3 is 2.19 bits per heavy atom. The number of amides is 1. The minimum atomic E-state index is -0.399. The largest absolute Gasteiger partial charge is 0.484 e. The third-order valence-corrected chi connectivity index (χ3v) is 6.38. The molecule has 0 bridgehead atoms. The number of hydrogen-bond acceptors (Lipinski definition) is 5. The molecule has 0 aromatic heterocycles. The van der Waals surface area contributed by atoms with Crippen LogP contribution in [-0.4, -0.2) is 48.5 Å². The number of carbonyl (C=O) groups excluding carboxylic acids is 1. The molecule has 1 saturated carbocycles. The van der Waals surface area contributed by atoms with Crippen molar-refractivity contribution in [3.05, 3.63) is 64.2 Å². The molecule has 1 aliphatic heterocycles. The second-order valence-corrected chi connectivity index (χ2v) is 8.33. The number of benzene rings is 2. The van der Waals surface area contributed by atoms with Gasteiger partial charge in [0.2, 0.25) is 0 Å². The number of hydrogen-bond donors (Lipinski definition) is 0. The zero-order valence-corrected chi connectivity index (χ0v) is 17.7. The average molecular weight is 424 g/mol. The molecule has 1 amide bonds. The lowest BCUT2D eigenvalue weighted by molar-refractivity contribution is -0.384. The Balaban J connectivity index is 1.23. The summed E-state index contributed by atoms with van der Waals surface area (Å²) in [4.78, 5) is 26.9. The third-order valence-electron chi connectivity index (χ3n) is 6.38. The fourth-order valence-corrected chi connectivity index (χ4v) is 4.51. The molecular formula is C24H29N3O4. The Hall–Kier alpha value is -3.09. The first-order chi connectivity index (χ1) is 15.1. The van der Waals surface area contributed by atoms with Crippen LogP contribution in [0.3, 0.4) is 0 Å². The van der Waals surface area contributed by atoms with Crippen molar-refractivity contribution in [2.24, 2.45) is 0 Å². The van der Waals surface area contributed by atoms with E-state index in [4.69, 9.17) is 4.74 Å². The van der Waals surface area contributed by atoms with Gasteiger partial charge < -0.3 is 14.5 Å². The van der Waals surface area contributed by atoms with E-state index in [2.05, 4.69) is 17.0 Å². The maximum Gasteiger partial charge on any atom is 0.269 e. The van der Waals surface area contributed by atoms with Gasteiger partial charge in [-0.3, -0.25) is 14.9 Å². The van der Waals surface area contributed by atoms with Crippen molar-refractivity contribution in [1.29, 1.82) is 0 Å². The van der Waals surface area contributed by atoms with Gasteiger partial charge in [-0.05, 0) is 48.6 Å². The van der Waals surface area contributed by atoms with Crippen LogP contribution in [0.25, 0.3) is 0 Å². The molecule has 2 aromatic rings. The molecule has 1 aliphatic carbocycles. The van der Waals surface area contributed by atoms with Crippen LogP contribution in [0.4, 0.5) is 11.4 Å². The summed E-state index contributed by atoms with van der Waals surface area (Å²) in [5.41, 5.74) is 2.40. The summed E-state index contributed by atoms with van der Waals surface area (Å²) < 4.78 is 5.74. The molecule has 4 rings (SSSR count). The number of ether oxygens (including phenoxy) is 1. The number of anilines is 1. The van der Waals surface area contributed by atoms with Crippen LogP contribution < -0.4 is 9.64 Å². The van der Waals surface area contributed by atoms with Gasteiger partial charge in [0.05, 0.1) is 4.92 Å². The highest BCUT2D eigenvalue weighted by molar-refractivity contribution is 5.78. The molecule has 0 spiro atoms. The van der Waals surface area contributed by atoms with Crippen LogP contribution in [-0.2, 0) is 4.79 Å². The summed E-state index contributed by atoms with van der Waals surface area (Å²) in [6.07, 6.45) is 6.51. The Morgan fingerprint density at radius 2 is 1.58 bits per heavy atom. The van der Waals surface area contributed by atoms with Crippen LogP contribution in [0.2, 0.25) is 0 Å². The molecule has 1 heterocycles. The van der Waals surface area contributed by atoms with E-state index < -0.39 is 4.92 Å². The number of rotatable bonds is 6. The Bertz CT molecular complexity index is 884. The smallest absolute Gasteiger partial charge is 0.269 e. The Labute approximate surface area is 182 Å². The van der Waals surface area contributed by atoms with E-state index in [-0.39, 0.29) is 18.2 Å². The van der Waals surface area contributed by atoms with Gasteiger partial charge in [-0.1, -0.05) is 31.4 Å². The van der Waals surface area contributed by atoms with Gasteiger partial charge in [-0.25, -0.2) is 0 Å². The van der Waals surface area contributed by atoms with Crippen molar-refractivity contribution < 1.29 is 14.5 Å². The monoisotopic (exact) mass is 423 g/mol. The van der Waals surface area contributed by atoms with Crippen LogP contribution in [0.5, 0.6) is 5.75 Å². The molecule has 2 aliphatic rings. The molecule has 0 atom stereocenters. The summed E-state index contributed by atoms with van der Waals surface area (Å²) in [7, 11) is 0. The van der Waals surface area contributed by atoms with Crippen LogP contribution in [0, 0.1) is 10.1 Å². The number of nitro groups is 1. The number of nitrogens with zero attached hydrogens (tertiary/aromatic N) is 3. The summed E-state index contributed by atoms with van der Waals surface area (Å²) in [6.45, 7) is 2.65. The Kier molecular flexibility index (Phi) is 6.70. The summed E-state index contributed by atoms with van der Waals surface area (Å²) in [5, 5.41) is 10.8. The van der Waals surface area contributed by atoms with Crippen LogP contribution in [0.1, 0.15) is 43.6 Å². The van der Waals surface area contributed by atoms with Gasteiger partial charge in [-0.15, -0.1) is 0 Å². The summed E-state index contributed by atoms with van der Waals surface area (Å²) in [5.74, 6) is 1.38. The molecule has 1 saturated heterocycles. The lowest BCUT2D eigenvalue weighted by Crippen LogP contribution is -2.50. The molecule has 7 nitrogen and oxygen atoms in total. The SMILES string of the molecule is O=C(COc1ccc(C2CCCCC2)cc1)N1CCN(c2ccc([N+](=O)[O-])cc2)CC1. The molecule has 31 heavy (non-hydrogen) atoms. The first kappa shape index (κ1) is 21.2. The number of piperazine rings is 1. The van der Waals surface area contributed by atoms with Gasteiger partial charge in [0.25, 0.3) is 11.6 Å². The first-order valence-electron chi connectivity index (χ1n) is 11.1. The summed E-state index contributed by atoms with van der Waals surface area (Å²) in [6, 6.07) is 14.8. The molecule has 0 unspecified atom stereocenters. The van der Waals surface area contributed by atoms with Crippen LogP contribution >= 0.6 is 0 Å². The number of non-ortho nitro benzene ring substituents is 1. The topological polar surface area (TPSA) is 75.9 Å². The first-order valence-corrected chi connectivity index (χ1v) is 11.1. The molecular weight excluding hydrogens is 394 g/mol. The maximum absolute atomic E-state index is 12.6. The lowest BCUT2D eigenvalue weighted by atomic mass is 9.84. The summed E-state index contributed by atoms with van der Waals surface area (Å²) >= 11 is 0. The molecule has 2 aromatic carbocycles. The highest BCUT2D eigenvalue weighted by atomic mass is 16.6. The van der Waals surface area contributed by atoms with Gasteiger partial charge in [-0.2, -0.15) is 0 Å². The fraction of sp³-hybridized carbons (Fsp3) is 0.458. The van der Waals surface area contributed by atoms with Crippen molar-refractivity contribution in [2.75, 3.05) is 37.7 Å². The normalized spacial score (nSPS) is 17.4. The standard InChI is InChI=1S/C24H29N3O4/c28-24(18-31-23-12-6-20(7-13-23)19-4-2-1-3-5-19)26-16-14-25(15-17-26)21-8-10-22(11-9-21)27(29)30/h6-13,19H,1-5,14-18H2. The molecule has 164 valence electrons. The van der Waals surface area contributed by atoms with Crippen molar-refractivity contribution >= 4 is 17.3 Å². The van der Waals surface area contributed by atoms with E-state index in [1.807, 2.05) is 17.0 Å². The van der Waals surface area contributed by atoms with Crippen molar-refractivity contribution in [1.82, 2.24) is 4.90 Å². The van der Waals surface area contributed by atoms with Crippen LogP contribution in [0.15, 0.2) is 48.5 Å². The molecule has 2 fully saturated rings. The van der Waals surface area contributed by atoms with E-state index in [0.29, 0.717) is 32.1 Å². The van der Waals surface area contributed by atoms with Crippen molar-refractivity contribution in [3.8, 4) is 5.75 Å². The molecule has 0 radical (unpaired) electrons. The van der Waals surface area contributed by atoms with E-state index in [0.717, 1.165) is 11.4 Å². The minimum absolute atomic E-state index is 0.0142. The number of nitro benzene ring substituents is 1. The maximum atomic E-state index is 12.6. The highest BCUT2D eigenvalue weighted by Crippen LogP contribution is 2.33. The van der Waals surface area contributed by atoms with Gasteiger partial charge in [0.1, 0.15) is 5.75 Å². The molecule has 7 heteroatoms. The average Bonchev–Trinajstić information content (AvgIpc) is 2.83. The molecule has 0 N–H and O–H groups in total. The quantitative estimate of drug-likeness (QED) is 0.509. The predicted octanol–water partition coefficient (Wildman–Crippen LogP) is 4.37. The van der Waals surface area contributed by atoms with Crippen molar-refractivity contribution in [2.45, 2.75) is 38.0 Å². The lowest BCUT2D eigenvalue weighted by Gasteiger charge is -2.36. The van der Waals surface area contributed by atoms with E-state index in [1.54, 1.807) is 12.1 Å². The predicted molar refractivity (Wildman–Crippen MR) is 120 cm³/mol. The van der Waals surface area contributed by atoms with Crippen molar-refractivity contribution in [3.63, 3.8) is 0 Å². The fourth-order valence-electron chi connectivity index (χ4n) is 4.51. The minimum Gasteiger partial charge on any atom is -0.484 e. The van der Waals surface area contributed by atoms with Gasteiger partial charge in [0, 0.05) is 44.0 Å². The van der Waals surface area contributed by atoms with Gasteiger partial charge in [0.15, 0.2) is 6.61 Å². The van der Waals surface area contributed by atoms with E-state index >= 15 is 0 Å². The highest BCUT2D eigenvalue weighted by Gasteiger charge is 2.22. The van der Waals surface area contributed by atoms with E-state index in [9.17, 15) is 14.9 Å². The zero-order chi connectivity index (χ0) is 21.6. The second-order valence-electron chi connectivity index (χ2n) is 8.33. The second kappa shape index (κ2) is 9.81. The van der Waals surface area contributed by atoms with E-state index in [1.165, 1.54) is 49.8 Å². The van der Waals surface area contributed by atoms with Gasteiger partial charge >= 0.3 is 0 Å². The number of carbonyl (C=O) groups is 1. The zero-order valence-electron chi connectivity index (χ0n) is 17.7. The third kappa shape index (κ3) is 5.34.